The molecule has 2 heteroatoms. The maximum Gasteiger partial charge on any atom is 0.120 e. The Labute approximate surface area is 70.9 Å². The summed E-state index contributed by atoms with van der Waals surface area (Å²) >= 11 is 5.57. The van der Waals surface area contributed by atoms with Gasteiger partial charge in [0.05, 0.1) is 5.88 Å². The second-order valence-corrected chi connectivity index (χ2v) is 2.49. The number of halogens is 1. The van der Waals surface area contributed by atoms with Crippen molar-refractivity contribution < 1.29 is 5.11 Å². The molecule has 0 bridgehead atoms. The normalized spacial score (nSPS) is 9.55. The number of benzene rings is 1. The quantitative estimate of drug-likeness (QED) is 0.674. The fourth-order valence-corrected chi connectivity index (χ4v) is 1.05. The Morgan fingerprint density at radius 2 is 2.27 bits per heavy atom. The van der Waals surface area contributed by atoms with Crippen molar-refractivity contribution in [2.24, 2.45) is 0 Å². The smallest absolute Gasteiger partial charge is 0.120 e. The molecule has 58 valence electrons. The van der Waals surface area contributed by atoms with Gasteiger partial charge < -0.3 is 5.11 Å². The van der Waals surface area contributed by atoms with E-state index < -0.39 is 0 Å². The van der Waals surface area contributed by atoms with E-state index in [1.165, 1.54) is 0 Å². The molecule has 0 spiro atoms. The molecular formula is C9H9ClO. The van der Waals surface area contributed by atoms with E-state index in [2.05, 4.69) is 6.58 Å². The molecule has 0 radical (unpaired) electrons. The number of rotatable bonds is 2. The predicted octanol–water partition coefficient (Wildman–Crippen LogP) is 2.77. The second kappa shape index (κ2) is 3.44. The van der Waals surface area contributed by atoms with E-state index >= 15 is 0 Å². The minimum absolute atomic E-state index is 0.241. The Balaban J connectivity index is 3.12. The van der Waals surface area contributed by atoms with E-state index in [1.807, 2.05) is 6.07 Å². The number of phenolic OH excluding ortho intramolecular Hbond substituents is 1. The highest BCUT2D eigenvalue weighted by atomic mass is 35.5. The van der Waals surface area contributed by atoms with Crippen molar-refractivity contribution in [1.29, 1.82) is 0 Å². The SMILES string of the molecule is C=Cc1ccc(O)c(CCl)c1. The first-order valence-electron chi connectivity index (χ1n) is 3.28. The van der Waals surface area contributed by atoms with Gasteiger partial charge in [-0.25, -0.2) is 0 Å². The zero-order valence-electron chi connectivity index (χ0n) is 6.05. The summed E-state index contributed by atoms with van der Waals surface area (Å²) < 4.78 is 0. The average molecular weight is 169 g/mol. The number of phenols is 1. The van der Waals surface area contributed by atoms with Crippen molar-refractivity contribution in [3.05, 3.63) is 35.9 Å². The van der Waals surface area contributed by atoms with Crippen molar-refractivity contribution in [3.63, 3.8) is 0 Å². The molecule has 0 aliphatic carbocycles. The average Bonchev–Trinajstić information content (AvgIpc) is 2.05. The van der Waals surface area contributed by atoms with E-state index in [0.717, 1.165) is 11.1 Å². The highest BCUT2D eigenvalue weighted by Gasteiger charge is 1.98. The van der Waals surface area contributed by atoms with E-state index in [-0.39, 0.29) is 5.75 Å². The van der Waals surface area contributed by atoms with Gasteiger partial charge in [0, 0.05) is 5.56 Å². The van der Waals surface area contributed by atoms with Gasteiger partial charge in [-0.1, -0.05) is 18.7 Å². The molecule has 1 rings (SSSR count). The molecule has 0 heterocycles. The maximum atomic E-state index is 9.21. The van der Waals surface area contributed by atoms with Gasteiger partial charge in [-0.2, -0.15) is 0 Å². The highest BCUT2D eigenvalue weighted by molar-refractivity contribution is 6.17. The maximum absolute atomic E-state index is 9.21. The van der Waals surface area contributed by atoms with E-state index in [0.29, 0.717) is 5.88 Å². The molecule has 0 amide bonds. The monoisotopic (exact) mass is 168 g/mol. The van der Waals surface area contributed by atoms with Crippen molar-refractivity contribution in [1.82, 2.24) is 0 Å². The topological polar surface area (TPSA) is 20.2 Å². The van der Waals surface area contributed by atoms with Crippen LogP contribution in [0, 0.1) is 0 Å². The third-order valence-corrected chi connectivity index (χ3v) is 1.77. The first kappa shape index (κ1) is 8.15. The summed E-state index contributed by atoms with van der Waals surface area (Å²) in [6.07, 6.45) is 1.72. The summed E-state index contributed by atoms with van der Waals surface area (Å²) in [4.78, 5) is 0. The molecule has 0 fully saturated rings. The fraction of sp³-hybridized carbons (Fsp3) is 0.111. The van der Waals surface area contributed by atoms with Crippen LogP contribution in [0.3, 0.4) is 0 Å². The molecule has 1 N–H and O–H groups in total. The number of hydrogen-bond acceptors (Lipinski definition) is 1. The lowest BCUT2D eigenvalue weighted by atomic mass is 10.1. The first-order chi connectivity index (χ1) is 5.27. The Hall–Kier alpha value is -0.950. The molecule has 0 saturated carbocycles. The zero-order chi connectivity index (χ0) is 8.27. The van der Waals surface area contributed by atoms with Crippen molar-refractivity contribution in [2.75, 3.05) is 0 Å². The summed E-state index contributed by atoms with van der Waals surface area (Å²) in [5, 5.41) is 9.21. The molecule has 11 heavy (non-hydrogen) atoms. The van der Waals surface area contributed by atoms with Gasteiger partial charge in [-0.15, -0.1) is 11.6 Å². The molecule has 1 aromatic rings. The Kier molecular flexibility index (Phi) is 2.55. The minimum atomic E-state index is 0.241. The lowest BCUT2D eigenvalue weighted by Crippen LogP contribution is -1.80. The van der Waals surface area contributed by atoms with Gasteiger partial charge in [0.1, 0.15) is 5.75 Å². The Morgan fingerprint density at radius 3 is 2.82 bits per heavy atom. The van der Waals surface area contributed by atoms with Crippen molar-refractivity contribution >= 4 is 17.7 Å². The second-order valence-electron chi connectivity index (χ2n) is 2.23. The summed E-state index contributed by atoms with van der Waals surface area (Å²) in [5.41, 5.74) is 1.71. The first-order valence-corrected chi connectivity index (χ1v) is 3.81. The van der Waals surface area contributed by atoms with E-state index in [1.54, 1.807) is 18.2 Å². The number of aromatic hydroxyl groups is 1. The highest BCUT2D eigenvalue weighted by Crippen LogP contribution is 2.20. The van der Waals surface area contributed by atoms with Gasteiger partial charge in [-0.3, -0.25) is 0 Å². The molecule has 0 aliphatic heterocycles. The molecule has 0 unspecified atom stereocenters. The third kappa shape index (κ3) is 1.75. The summed E-state index contributed by atoms with van der Waals surface area (Å²) in [7, 11) is 0. The molecule has 0 aliphatic rings. The van der Waals surface area contributed by atoms with Crippen LogP contribution in [0.1, 0.15) is 11.1 Å². The van der Waals surface area contributed by atoms with Crippen molar-refractivity contribution in [2.45, 2.75) is 5.88 Å². The zero-order valence-corrected chi connectivity index (χ0v) is 6.80. The third-order valence-electron chi connectivity index (χ3n) is 1.48. The van der Waals surface area contributed by atoms with Crippen LogP contribution in [-0.4, -0.2) is 5.11 Å². The van der Waals surface area contributed by atoms with Gasteiger partial charge in [0.25, 0.3) is 0 Å². The van der Waals surface area contributed by atoms with Gasteiger partial charge in [0.2, 0.25) is 0 Å². The minimum Gasteiger partial charge on any atom is -0.508 e. The fourth-order valence-electron chi connectivity index (χ4n) is 0.839. The van der Waals surface area contributed by atoms with Gasteiger partial charge >= 0.3 is 0 Å². The molecular weight excluding hydrogens is 160 g/mol. The summed E-state index contributed by atoms with van der Waals surface area (Å²) in [5.74, 6) is 0.568. The van der Waals surface area contributed by atoms with Crippen LogP contribution in [0.5, 0.6) is 5.75 Å². The van der Waals surface area contributed by atoms with Crippen LogP contribution in [0.2, 0.25) is 0 Å². The Morgan fingerprint density at radius 1 is 1.55 bits per heavy atom. The summed E-state index contributed by atoms with van der Waals surface area (Å²) in [6, 6.07) is 5.22. The molecule has 0 aromatic heterocycles. The number of hydrogen-bond donors (Lipinski definition) is 1. The van der Waals surface area contributed by atoms with Crippen LogP contribution >= 0.6 is 11.6 Å². The standard InChI is InChI=1S/C9H9ClO/c1-2-7-3-4-9(11)8(5-7)6-10/h2-5,11H,1,6H2. The lowest BCUT2D eigenvalue weighted by molar-refractivity contribution is 0.470. The van der Waals surface area contributed by atoms with Crippen LogP contribution < -0.4 is 0 Å². The molecule has 0 atom stereocenters. The predicted molar refractivity (Wildman–Crippen MR) is 47.8 cm³/mol. The number of alkyl halides is 1. The van der Waals surface area contributed by atoms with Crippen LogP contribution in [0.15, 0.2) is 24.8 Å². The van der Waals surface area contributed by atoms with Crippen molar-refractivity contribution in [3.8, 4) is 5.75 Å². The molecule has 0 saturated heterocycles. The molecule has 1 nitrogen and oxygen atoms in total. The van der Waals surface area contributed by atoms with Gasteiger partial charge in [-0.05, 0) is 17.7 Å². The van der Waals surface area contributed by atoms with E-state index in [4.69, 9.17) is 11.6 Å². The summed E-state index contributed by atoms with van der Waals surface area (Å²) in [6.45, 7) is 3.61. The van der Waals surface area contributed by atoms with E-state index in [9.17, 15) is 5.11 Å². The molecule has 1 aromatic carbocycles. The Bertz CT molecular complexity index is 268. The largest absolute Gasteiger partial charge is 0.508 e. The van der Waals surface area contributed by atoms with Crippen LogP contribution in [0.25, 0.3) is 6.08 Å². The van der Waals surface area contributed by atoms with Crippen LogP contribution in [-0.2, 0) is 5.88 Å². The lowest BCUT2D eigenvalue weighted by Gasteiger charge is -2.00. The van der Waals surface area contributed by atoms with Gasteiger partial charge in [0.15, 0.2) is 0 Å². The van der Waals surface area contributed by atoms with Crippen LogP contribution in [0.4, 0.5) is 0 Å².